The summed E-state index contributed by atoms with van der Waals surface area (Å²) in [5, 5.41) is 5.71. The van der Waals surface area contributed by atoms with Crippen LogP contribution in [0.25, 0.3) is 0 Å². The van der Waals surface area contributed by atoms with Crippen LogP contribution in [0.5, 0.6) is 5.75 Å². The van der Waals surface area contributed by atoms with Crippen molar-refractivity contribution in [1.82, 2.24) is 10.6 Å². The molecule has 0 heterocycles. The van der Waals surface area contributed by atoms with Crippen LogP contribution in [0.4, 0.5) is 9.18 Å². The molecule has 0 radical (unpaired) electrons. The number of nitrogens with one attached hydrogen (secondary N) is 2. The van der Waals surface area contributed by atoms with Gasteiger partial charge in [0.2, 0.25) is 0 Å². The summed E-state index contributed by atoms with van der Waals surface area (Å²) in [5.74, 6) is 0.535. The summed E-state index contributed by atoms with van der Waals surface area (Å²) in [4.78, 5) is 12.0. The average Bonchev–Trinajstić information content (AvgIpc) is 2.61. The second-order valence-electron chi connectivity index (χ2n) is 5.48. The number of urea groups is 1. The molecule has 2 amide bonds. The summed E-state index contributed by atoms with van der Waals surface area (Å²) < 4.78 is 18.7. The maximum atomic E-state index is 13.5. The first-order chi connectivity index (χ1) is 11.6. The number of benzene rings is 2. The van der Waals surface area contributed by atoms with Gasteiger partial charge in [0.05, 0.1) is 13.2 Å². The first kappa shape index (κ1) is 17.8. The van der Waals surface area contributed by atoms with Crippen LogP contribution in [0.15, 0.2) is 48.5 Å². The Morgan fingerprint density at radius 1 is 1.17 bits per heavy atom. The van der Waals surface area contributed by atoms with Gasteiger partial charge in [0.15, 0.2) is 0 Å². The Labute approximate surface area is 142 Å². The standard InChI is InChI=1S/C19H23FN2O2/c1-3-18(15-8-10-16(24-2)11-9-15)22-19(23)21-13-12-14-6-4-5-7-17(14)20/h4-11,18H,3,12-13H2,1-2H3,(H2,21,22,23). The van der Waals surface area contributed by atoms with E-state index >= 15 is 0 Å². The molecule has 5 heteroatoms. The summed E-state index contributed by atoms with van der Waals surface area (Å²) in [6, 6.07) is 13.9. The molecule has 2 aromatic carbocycles. The number of carbonyl (C=O) groups is 1. The molecule has 0 aliphatic carbocycles. The van der Waals surface area contributed by atoms with E-state index in [2.05, 4.69) is 10.6 Å². The van der Waals surface area contributed by atoms with Crippen LogP contribution in [0.2, 0.25) is 0 Å². The van der Waals surface area contributed by atoms with E-state index in [1.165, 1.54) is 6.07 Å². The van der Waals surface area contributed by atoms with Gasteiger partial charge < -0.3 is 15.4 Å². The van der Waals surface area contributed by atoms with E-state index in [1.807, 2.05) is 31.2 Å². The highest BCUT2D eigenvalue weighted by Gasteiger charge is 2.12. The van der Waals surface area contributed by atoms with E-state index in [0.29, 0.717) is 18.5 Å². The van der Waals surface area contributed by atoms with Gasteiger partial charge in [0.1, 0.15) is 11.6 Å². The maximum Gasteiger partial charge on any atom is 0.315 e. The maximum absolute atomic E-state index is 13.5. The van der Waals surface area contributed by atoms with Gasteiger partial charge >= 0.3 is 6.03 Å². The molecule has 0 aliphatic rings. The SMILES string of the molecule is CCC(NC(=O)NCCc1ccccc1F)c1ccc(OC)cc1. The first-order valence-electron chi connectivity index (χ1n) is 8.05. The van der Waals surface area contributed by atoms with Gasteiger partial charge in [0.25, 0.3) is 0 Å². The van der Waals surface area contributed by atoms with Crippen LogP contribution in [0.1, 0.15) is 30.5 Å². The van der Waals surface area contributed by atoms with E-state index < -0.39 is 0 Å². The lowest BCUT2D eigenvalue weighted by atomic mass is 10.0. The number of amides is 2. The molecule has 0 saturated carbocycles. The number of ether oxygens (including phenoxy) is 1. The third-order valence-electron chi connectivity index (χ3n) is 3.87. The summed E-state index contributed by atoms with van der Waals surface area (Å²) in [6.45, 7) is 2.39. The smallest absolute Gasteiger partial charge is 0.315 e. The minimum atomic E-state index is -0.256. The molecule has 0 saturated heterocycles. The fourth-order valence-electron chi connectivity index (χ4n) is 2.48. The molecule has 0 aromatic heterocycles. The molecule has 4 nitrogen and oxygen atoms in total. The predicted molar refractivity (Wildman–Crippen MR) is 92.7 cm³/mol. The molecular weight excluding hydrogens is 307 g/mol. The predicted octanol–water partition coefficient (Wildman–Crippen LogP) is 3.83. The molecule has 24 heavy (non-hydrogen) atoms. The molecule has 2 N–H and O–H groups in total. The molecule has 2 aromatic rings. The molecule has 128 valence electrons. The lowest BCUT2D eigenvalue weighted by Crippen LogP contribution is -2.38. The Balaban J connectivity index is 1.84. The fourth-order valence-corrected chi connectivity index (χ4v) is 2.48. The van der Waals surface area contributed by atoms with Crippen molar-refractivity contribution >= 4 is 6.03 Å². The molecule has 0 aliphatic heterocycles. The number of carbonyl (C=O) groups excluding carboxylic acids is 1. The lowest BCUT2D eigenvalue weighted by molar-refractivity contribution is 0.237. The van der Waals surface area contributed by atoms with Crippen molar-refractivity contribution in [2.24, 2.45) is 0 Å². The Bertz CT molecular complexity index is 659. The lowest BCUT2D eigenvalue weighted by Gasteiger charge is -2.18. The summed E-state index contributed by atoms with van der Waals surface area (Å²) in [6.07, 6.45) is 1.23. The van der Waals surface area contributed by atoms with E-state index in [1.54, 1.807) is 25.3 Å². The zero-order chi connectivity index (χ0) is 17.4. The van der Waals surface area contributed by atoms with Gasteiger partial charge in [0, 0.05) is 6.54 Å². The molecule has 0 spiro atoms. The van der Waals surface area contributed by atoms with Crippen molar-refractivity contribution in [3.63, 3.8) is 0 Å². The fraction of sp³-hybridized carbons (Fsp3) is 0.316. The highest BCUT2D eigenvalue weighted by molar-refractivity contribution is 5.74. The third-order valence-corrected chi connectivity index (χ3v) is 3.87. The van der Waals surface area contributed by atoms with Gasteiger partial charge in [-0.25, -0.2) is 9.18 Å². The van der Waals surface area contributed by atoms with Crippen molar-refractivity contribution < 1.29 is 13.9 Å². The van der Waals surface area contributed by atoms with Crippen molar-refractivity contribution in [1.29, 1.82) is 0 Å². The Morgan fingerprint density at radius 3 is 2.50 bits per heavy atom. The largest absolute Gasteiger partial charge is 0.497 e. The van der Waals surface area contributed by atoms with Crippen LogP contribution < -0.4 is 15.4 Å². The van der Waals surface area contributed by atoms with Crippen LogP contribution >= 0.6 is 0 Å². The molecule has 0 bridgehead atoms. The normalized spacial score (nSPS) is 11.6. The molecule has 1 atom stereocenters. The molecule has 0 fully saturated rings. The van der Waals surface area contributed by atoms with Gasteiger partial charge in [-0.05, 0) is 42.2 Å². The zero-order valence-corrected chi connectivity index (χ0v) is 14.0. The molecular formula is C19H23FN2O2. The Morgan fingerprint density at radius 2 is 1.88 bits per heavy atom. The molecule has 1 unspecified atom stereocenters. The van der Waals surface area contributed by atoms with Crippen molar-refractivity contribution in [3.8, 4) is 5.75 Å². The topological polar surface area (TPSA) is 50.4 Å². The summed E-state index contributed by atoms with van der Waals surface area (Å²) >= 11 is 0. The number of rotatable bonds is 7. The van der Waals surface area contributed by atoms with Crippen LogP contribution in [0.3, 0.4) is 0 Å². The van der Waals surface area contributed by atoms with E-state index in [0.717, 1.165) is 17.7 Å². The summed E-state index contributed by atoms with van der Waals surface area (Å²) in [5.41, 5.74) is 1.61. The second kappa shape index (κ2) is 8.91. The van der Waals surface area contributed by atoms with Crippen molar-refractivity contribution in [3.05, 3.63) is 65.5 Å². The highest BCUT2D eigenvalue weighted by atomic mass is 19.1. The van der Waals surface area contributed by atoms with Crippen LogP contribution in [0, 0.1) is 5.82 Å². The van der Waals surface area contributed by atoms with Crippen LogP contribution in [-0.2, 0) is 6.42 Å². The van der Waals surface area contributed by atoms with Gasteiger partial charge in [-0.2, -0.15) is 0 Å². The first-order valence-corrected chi connectivity index (χ1v) is 8.05. The quantitative estimate of drug-likeness (QED) is 0.811. The van der Waals surface area contributed by atoms with E-state index in [4.69, 9.17) is 4.74 Å². The highest BCUT2D eigenvalue weighted by Crippen LogP contribution is 2.19. The van der Waals surface area contributed by atoms with Crippen molar-refractivity contribution in [2.45, 2.75) is 25.8 Å². The zero-order valence-electron chi connectivity index (χ0n) is 14.0. The molecule has 2 rings (SSSR count). The number of hydrogen-bond acceptors (Lipinski definition) is 2. The number of hydrogen-bond donors (Lipinski definition) is 2. The van der Waals surface area contributed by atoms with Crippen molar-refractivity contribution in [2.75, 3.05) is 13.7 Å². The van der Waals surface area contributed by atoms with Crippen LogP contribution in [-0.4, -0.2) is 19.7 Å². The summed E-state index contributed by atoms with van der Waals surface area (Å²) in [7, 11) is 1.62. The number of halogens is 1. The third kappa shape index (κ3) is 4.98. The van der Waals surface area contributed by atoms with Gasteiger partial charge in [-0.3, -0.25) is 0 Å². The minimum absolute atomic E-state index is 0.0793. The number of methoxy groups -OCH3 is 1. The Hall–Kier alpha value is -2.56. The van der Waals surface area contributed by atoms with Gasteiger partial charge in [-0.1, -0.05) is 37.3 Å². The minimum Gasteiger partial charge on any atom is -0.497 e. The Kier molecular flexibility index (Phi) is 6.61. The average molecular weight is 330 g/mol. The second-order valence-corrected chi connectivity index (χ2v) is 5.48. The monoisotopic (exact) mass is 330 g/mol. The van der Waals surface area contributed by atoms with E-state index in [-0.39, 0.29) is 17.9 Å². The van der Waals surface area contributed by atoms with E-state index in [9.17, 15) is 9.18 Å². The van der Waals surface area contributed by atoms with Gasteiger partial charge in [-0.15, -0.1) is 0 Å².